The summed E-state index contributed by atoms with van der Waals surface area (Å²) in [7, 11) is 0. The van der Waals surface area contributed by atoms with Gasteiger partial charge in [-0.1, -0.05) is 24.3 Å². The van der Waals surface area contributed by atoms with Crippen molar-refractivity contribution in [3.05, 3.63) is 53.6 Å². The van der Waals surface area contributed by atoms with Gasteiger partial charge in [0.25, 0.3) is 0 Å². The molecule has 0 aliphatic heterocycles. The molecule has 0 aromatic heterocycles. The van der Waals surface area contributed by atoms with Crippen LogP contribution in [0.2, 0.25) is 0 Å². The van der Waals surface area contributed by atoms with Crippen molar-refractivity contribution in [2.24, 2.45) is 0 Å². The molecule has 0 unspecified atom stereocenters. The highest BCUT2D eigenvalue weighted by Crippen LogP contribution is 2.23. The highest BCUT2D eigenvalue weighted by molar-refractivity contribution is 5.80. The van der Waals surface area contributed by atoms with Crippen LogP contribution in [0, 0.1) is 0 Å². The fourth-order valence-electron chi connectivity index (χ4n) is 1.70. The minimum atomic E-state index is 0.00880. The highest BCUT2D eigenvalue weighted by Gasteiger charge is 2.06. The van der Waals surface area contributed by atoms with Gasteiger partial charge in [-0.3, -0.25) is 4.79 Å². The Morgan fingerprint density at radius 3 is 2.67 bits per heavy atom. The summed E-state index contributed by atoms with van der Waals surface area (Å²) in [5, 5.41) is 13.0. The molecule has 0 atom stereocenters. The molecule has 0 bridgehead atoms. The van der Waals surface area contributed by atoms with Crippen molar-refractivity contribution < 1.29 is 9.90 Å². The van der Waals surface area contributed by atoms with Crippen LogP contribution in [0.25, 0.3) is 0 Å². The number of benzene rings is 2. The molecule has 0 saturated carbocycles. The van der Waals surface area contributed by atoms with Gasteiger partial charge in [0, 0.05) is 12.1 Å². The van der Waals surface area contributed by atoms with Crippen molar-refractivity contribution in [1.82, 2.24) is 0 Å². The Bertz CT molecular complexity index is 567. The molecule has 0 spiro atoms. The molecule has 0 heterocycles. The van der Waals surface area contributed by atoms with Gasteiger partial charge in [0.05, 0.1) is 16.9 Å². The molecule has 0 aliphatic carbocycles. The van der Waals surface area contributed by atoms with Gasteiger partial charge in [0.15, 0.2) is 6.29 Å². The Kier molecular flexibility index (Phi) is 3.48. The van der Waals surface area contributed by atoms with E-state index in [0.717, 1.165) is 5.69 Å². The fourth-order valence-corrected chi connectivity index (χ4v) is 1.70. The van der Waals surface area contributed by atoms with Crippen LogP contribution in [-0.4, -0.2) is 11.4 Å². The standard InChI is InChI=1S/C14H14N2O2/c15-12-6-1-2-7-13(12)16-8-10-4-3-5-11(9-17)14(10)18/h1-7,9,16,18H,8,15H2. The van der Waals surface area contributed by atoms with Crippen molar-refractivity contribution in [1.29, 1.82) is 0 Å². The Balaban J connectivity index is 2.16. The van der Waals surface area contributed by atoms with Crippen LogP contribution >= 0.6 is 0 Å². The van der Waals surface area contributed by atoms with Gasteiger partial charge in [-0.25, -0.2) is 0 Å². The molecule has 2 aromatic carbocycles. The molecule has 0 aliphatic rings. The summed E-state index contributed by atoms with van der Waals surface area (Å²) in [4.78, 5) is 10.7. The van der Waals surface area contributed by atoms with Crippen LogP contribution in [0.15, 0.2) is 42.5 Å². The summed E-state index contributed by atoms with van der Waals surface area (Å²) in [6, 6.07) is 12.4. The molecule has 4 N–H and O–H groups in total. The number of phenolic OH excluding ortho intramolecular Hbond substituents is 1. The number of nitrogens with one attached hydrogen (secondary N) is 1. The maximum absolute atomic E-state index is 10.7. The van der Waals surface area contributed by atoms with Crippen molar-refractivity contribution in [3.63, 3.8) is 0 Å². The molecule has 92 valence electrons. The second kappa shape index (κ2) is 5.23. The van der Waals surface area contributed by atoms with Crippen LogP contribution in [0.3, 0.4) is 0 Å². The smallest absolute Gasteiger partial charge is 0.153 e. The third kappa shape index (κ3) is 2.43. The number of nitrogen functional groups attached to an aromatic ring is 1. The summed E-state index contributed by atoms with van der Waals surface area (Å²) in [6.45, 7) is 0.404. The first-order valence-electron chi connectivity index (χ1n) is 5.57. The number of anilines is 2. The normalized spacial score (nSPS) is 10.0. The topological polar surface area (TPSA) is 75.3 Å². The molecule has 0 saturated heterocycles. The van der Waals surface area contributed by atoms with Gasteiger partial charge in [0.1, 0.15) is 5.75 Å². The van der Waals surface area contributed by atoms with Crippen molar-refractivity contribution >= 4 is 17.7 Å². The SMILES string of the molecule is Nc1ccccc1NCc1cccc(C=O)c1O. The van der Waals surface area contributed by atoms with Crippen LogP contribution in [0.4, 0.5) is 11.4 Å². The fraction of sp³-hybridized carbons (Fsp3) is 0.0714. The van der Waals surface area contributed by atoms with Gasteiger partial charge < -0.3 is 16.2 Å². The number of nitrogens with two attached hydrogens (primary N) is 1. The third-order valence-corrected chi connectivity index (χ3v) is 2.71. The minimum absolute atomic E-state index is 0.00880. The van der Waals surface area contributed by atoms with E-state index >= 15 is 0 Å². The number of para-hydroxylation sites is 3. The first-order valence-corrected chi connectivity index (χ1v) is 5.57. The summed E-state index contributed by atoms with van der Waals surface area (Å²) in [5.74, 6) is 0.00880. The van der Waals surface area contributed by atoms with E-state index in [9.17, 15) is 9.90 Å². The van der Waals surface area contributed by atoms with Crippen molar-refractivity contribution in [3.8, 4) is 5.75 Å². The maximum atomic E-state index is 10.7. The molecule has 2 aromatic rings. The van der Waals surface area contributed by atoms with E-state index in [1.54, 1.807) is 24.3 Å². The Hall–Kier alpha value is -2.49. The second-order valence-corrected chi connectivity index (χ2v) is 3.91. The Labute approximate surface area is 105 Å². The number of carbonyl (C=O) groups excluding carboxylic acids is 1. The van der Waals surface area contributed by atoms with Gasteiger partial charge in [-0.05, 0) is 18.2 Å². The van der Waals surface area contributed by atoms with E-state index in [1.807, 2.05) is 18.2 Å². The van der Waals surface area contributed by atoms with Crippen LogP contribution < -0.4 is 11.1 Å². The van der Waals surface area contributed by atoms with E-state index < -0.39 is 0 Å². The molecule has 18 heavy (non-hydrogen) atoms. The van der Waals surface area contributed by atoms with Crippen LogP contribution in [0.1, 0.15) is 15.9 Å². The van der Waals surface area contributed by atoms with Gasteiger partial charge in [0.2, 0.25) is 0 Å². The molecule has 0 amide bonds. The van der Waals surface area contributed by atoms with E-state index in [-0.39, 0.29) is 11.3 Å². The first-order chi connectivity index (χ1) is 8.72. The number of aldehydes is 1. The summed E-state index contributed by atoms with van der Waals surface area (Å²) >= 11 is 0. The molecular formula is C14H14N2O2. The number of hydrogen-bond donors (Lipinski definition) is 3. The summed E-state index contributed by atoms with van der Waals surface area (Å²) < 4.78 is 0. The highest BCUT2D eigenvalue weighted by atomic mass is 16.3. The molecular weight excluding hydrogens is 228 g/mol. The maximum Gasteiger partial charge on any atom is 0.153 e. The average molecular weight is 242 g/mol. The molecule has 0 radical (unpaired) electrons. The summed E-state index contributed by atoms with van der Waals surface area (Å²) in [6.07, 6.45) is 0.635. The number of phenols is 1. The largest absolute Gasteiger partial charge is 0.507 e. The lowest BCUT2D eigenvalue weighted by Crippen LogP contribution is -2.03. The van der Waals surface area contributed by atoms with E-state index in [0.29, 0.717) is 24.1 Å². The lowest BCUT2D eigenvalue weighted by Gasteiger charge is -2.10. The molecule has 4 nitrogen and oxygen atoms in total. The number of aromatic hydroxyl groups is 1. The minimum Gasteiger partial charge on any atom is -0.507 e. The Morgan fingerprint density at radius 2 is 1.94 bits per heavy atom. The van der Waals surface area contributed by atoms with Gasteiger partial charge >= 0.3 is 0 Å². The predicted octanol–water partition coefficient (Wildman–Crippen LogP) is 2.40. The molecule has 0 fully saturated rings. The van der Waals surface area contributed by atoms with E-state index in [2.05, 4.69) is 5.32 Å². The second-order valence-electron chi connectivity index (χ2n) is 3.91. The lowest BCUT2D eigenvalue weighted by atomic mass is 10.1. The number of hydrogen-bond acceptors (Lipinski definition) is 4. The van der Waals surface area contributed by atoms with Crippen molar-refractivity contribution in [2.45, 2.75) is 6.54 Å². The number of rotatable bonds is 4. The zero-order valence-corrected chi connectivity index (χ0v) is 9.76. The van der Waals surface area contributed by atoms with Gasteiger partial charge in [-0.15, -0.1) is 0 Å². The lowest BCUT2D eigenvalue weighted by molar-refractivity contribution is 0.112. The Morgan fingerprint density at radius 1 is 1.17 bits per heavy atom. The third-order valence-electron chi connectivity index (χ3n) is 2.71. The molecule has 2 rings (SSSR count). The zero-order valence-electron chi connectivity index (χ0n) is 9.76. The van der Waals surface area contributed by atoms with Crippen LogP contribution in [-0.2, 0) is 6.54 Å². The predicted molar refractivity (Wildman–Crippen MR) is 71.7 cm³/mol. The quantitative estimate of drug-likeness (QED) is 0.568. The molecule has 4 heteroatoms. The number of carbonyl (C=O) groups is 1. The van der Waals surface area contributed by atoms with Crippen LogP contribution in [0.5, 0.6) is 5.75 Å². The van der Waals surface area contributed by atoms with Gasteiger partial charge in [-0.2, -0.15) is 0 Å². The monoisotopic (exact) mass is 242 g/mol. The summed E-state index contributed by atoms with van der Waals surface area (Å²) in [5.41, 5.74) is 8.18. The van der Waals surface area contributed by atoms with Crippen molar-refractivity contribution in [2.75, 3.05) is 11.1 Å². The average Bonchev–Trinajstić information content (AvgIpc) is 2.39. The van der Waals surface area contributed by atoms with E-state index in [4.69, 9.17) is 5.73 Å². The zero-order chi connectivity index (χ0) is 13.0. The first kappa shape index (κ1) is 12.0. The van der Waals surface area contributed by atoms with E-state index in [1.165, 1.54) is 0 Å².